The number of pyridine rings is 1. The van der Waals surface area contributed by atoms with Gasteiger partial charge in [-0.1, -0.05) is 18.0 Å². The minimum Gasteiger partial charge on any atom is -0.320 e. The molecule has 1 fully saturated rings. The van der Waals surface area contributed by atoms with Crippen molar-refractivity contribution in [2.45, 2.75) is 38.3 Å². The first-order valence-electron chi connectivity index (χ1n) is 6.78. The molecule has 0 aromatic carbocycles. The van der Waals surface area contributed by atoms with Crippen molar-refractivity contribution < 1.29 is 0 Å². The zero-order valence-corrected chi connectivity index (χ0v) is 11.8. The number of likely N-dealkylation sites (tertiary alicyclic amines) is 1. The van der Waals surface area contributed by atoms with Gasteiger partial charge in [-0.15, -0.1) is 0 Å². The highest BCUT2D eigenvalue weighted by atomic mass is 35.5. The maximum Gasteiger partial charge on any atom is 0.0634 e. The smallest absolute Gasteiger partial charge is 0.0634 e. The van der Waals surface area contributed by atoms with Crippen molar-refractivity contribution in [3.8, 4) is 0 Å². The fraction of sp³-hybridized carbons (Fsp3) is 0.643. The van der Waals surface area contributed by atoms with Crippen molar-refractivity contribution in [1.82, 2.24) is 15.2 Å². The summed E-state index contributed by atoms with van der Waals surface area (Å²) in [6.45, 7) is 3.23. The molecule has 1 aromatic rings. The number of hydrogen-bond donors (Lipinski definition) is 1. The van der Waals surface area contributed by atoms with E-state index in [9.17, 15) is 0 Å². The van der Waals surface area contributed by atoms with E-state index in [1.165, 1.54) is 37.8 Å². The van der Waals surface area contributed by atoms with Crippen LogP contribution in [0.3, 0.4) is 0 Å². The summed E-state index contributed by atoms with van der Waals surface area (Å²) in [6.07, 6.45) is 8.76. The summed E-state index contributed by atoms with van der Waals surface area (Å²) >= 11 is 6.19. The van der Waals surface area contributed by atoms with Crippen LogP contribution in [0.4, 0.5) is 0 Å². The molecule has 2 heterocycles. The van der Waals surface area contributed by atoms with Gasteiger partial charge < -0.3 is 5.32 Å². The van der Waals surface area contributed by atoms with Gasteiger partial charge in [0.2, 0.25) is 0 Å². The van der Waals surface area contributed by atoms with Crippen LogP contribution < -0.4 is 5.32 Å². The Hall–Kier alpha value is -0.640. The number of hydrogen-bond acceptors (Lipinski definition) is 3. The Morgan fingerprint density at radius 2 is 2.39 bits per heavy atom. The Kier molecular flexibility index (Phi) is 5.42. The summed E-state index contributed by atoms with van der Waals surface area (Å²) in [5.41, 5.74) is 1.20. The minimum absolute atomic E-state index is 0.690. The highest BCUT2D eigenvalue weighted by Gasteiger charge is 2.22. The summed E-state index contributed by atoms with van der Waals surface area (Å²) in [5, 5.41) is 4.04. The lowest BCUT2D eigenvalue weighted by molar-refractivity contribution is 0.132. The molecular formula is C14H22ClN3. The molecular weight excluding hydrogens is 246 g/mol. The molecule has 0 saturated carbocycles. The lowest BCUT2D eigenvalue weighted by Crippen LogP contribution is -2.40. The van der Waals surface area contributed by atoms with Gasteiger partial charge in [-0.05, 0) is 51.0 Å². The van der Waals surface area contributed by atoms with E-state index in [4.69, 9.17) is 11.6 Å². The van der Waals surface area contributed by atoms with Crippen molar-refractivity contribution in [1.29, 1.82) is 0 Å². The van der Waals surface area contributed by atoms with E-state index in [1.807, 2.05) is 19.3 Å². The third kappa shape index (κ3) is 3.67. The van der Waals surface area contributed by atoms with Crippen molar-refractivity contribution in [3.05, 3.63) is 29.0 Å². The van der Waals surface area contributed by atoms with Gasteiger partial charge in [0.05, 0.1) is 5.02 Å². The predicted molar refractivity (Wildman–Crippen MR) is 75.8 cm³/mol. The highest BCUT2D eigenvalue weighted by Crippen LogP contribution is 2.24. The molecule has 1 N–H and O–H groups in total. The monoisotopic (exact) mass is 267 g/mol. The lowest BCUT2D eigenvalue weighted by Gasteiger charge is -2.36. The Balaban J connectivity index is 1.98. The first-order valence-corrected chi connectivity index (χ1v) is 7.16. The summed E-state index contributed by atoms with van der Waals surface area (Å²) < 4.78 is 0. The Labute approximate surface area is 115 Å². The molecule has 0 aliphatic carbocycles. The quantitative estimate of drug-likeness (QED) is 0.889. The largest absolute Gasteiger partial charge is 0.320 e. The Morgan fingerprint density at radius 3 is 3.17 bits per heavy atom. The zero-order valence-electron chi connectivity index (χ0n) is 11.0. The second kappa shape index (κ2) is 7.07. The highest BCUT2D eigenvalue weighted by molar-refractivity contribution is 6.31. The van der Waals surface area contributed by atoms with Crippen molar-refractivity contribution in [2.24, 2.45) is 0 Å². The molecule has 2 rings (SSSR count). The molecule has 1 aliphatic rings. The van der Waals surface area contributed by atoms with Crippen LogP contribution in [0, 0.1) is 0 Å². The van der Waals surface area contributed by atoms with Crippen molar-refractivity contribution >= 4 is 11.6 Å². The normalized spacial score (nSPS) is 21.1. The van der Waals surface area contributed by atoms with Gasteiger partial charge in [0.15, 0.2) is 0 Å². The van der Waals surface area contributed by atoms with E-state index in [0.29, 0.717) is 6.04 Å². The fourth-order valence-corrected chi connectivity index (χ4v) is 2.84. The van der Waals surface area contributed by atoms with Crippen LogP contribution in [0.5, 0.6) is 0 Å². The molecule has 0 bridgehead atoms. The molecule has 1 aliphatic heterocycles. The van der Waals surface area contributed by atoms with Gasteiger partial charge in [0.25, 0.3) is 0 Å². The SMILES string of the molecule is CNCCC1CCCCN1Cc1ccncc1Cl. The average Bonchev–Trinajstić information content (AvgIpc) is 2.40. The second-order valence-electron chi connectivity index (χ2n) is 4.98. The summed E-state index contributed by atoms with van der Waals surface area (Å²) in [4.78, 5) is 6.62. The van der Waals surface area contributed by atoms with Crippen molar-refractivity contribution in [3.63, 3.8) is 0 Å². The molecule has 1 atom stereocenters. The van der Waals surface area contributed by atoms with Gasteiger partial charge in [0.1, 0.15) is 0 Å². The zero-order chi connectivity index (χ0) is 12.8. The van der Waals surface area contributed by atoms with Crippen LogP contribution in [0.25, 0.3) is 0 Å². The third-order valence-electron chi connectivity index (χ3n) is 3.71. The Morgan fingerprint density at radius 1 is 1.50 bits per heavy atom. The standard InChI is InChI=1S/C14H22ClN3/c1-16-7-6-13-4-2-3-9-18(13)11-12-5-8-17-10-14(12)15/h5,8,10,13,16H,2-4,6-7,9,11H2,1H3. The van der Waals surface area contributed by atoms with Gasteiger partial charge >= 0.3 is 0 Å². The van der Waals surface area contributed by atoms with Crippen LogP contribution in [-0.4, -0.2) is 36.1 Å². The topological polar surface area (TPSA) is 28.2 Å². The molecule has 0 amide bonds. The van der Waals surface area contributed by atoms with E-state index in [2.05, 4.69) is 15.2 Å². The summed E-state index contributed by atoms with van der Waals surface area (Å²) in [7, 11) is 2.02. The number of halogens is 1. The molecule has 100 valence electrons. The Bertz CT molecular complexity index is 370. The van der Waals surface area contributed by atoms with Crippen LogP contribution in [0.15, 0.2) is 18.5 Å². The number of aromatic nitrogens is 1. The number of nitrogens with zero attached hydrogens (tertiary/aromatic N) is 2. The molecule has 0 radical (unpaired) electrons. The van der Waals surface area contributed by atoms with Gasteiger partial charge in [0, 0.05) is 25.0 Å². The molecule has 4 heteroatoms. The summed E-state index contributed by atoms with van der Waals surface area (Å²) in [6, 6.07) is 2.72. The van der Waals surface area contributed by atoms with Gasteiger partial charge in [-0.3, -0.25) is 9.88 Å². The molecule has 3 nitrogen and oxygen atoms in total. The third-order valence-corrected chi connectivity index (χ3v) is 4.05. The van der Waals surface area contributed by atoms with Gasteiger partial charge in [-0.2, -0.15) is 0 Å². The fourth-order valence-electron chi connectivity index (χ4n) is 2.66. The van der Waals surface area contributed by atoms with Crippen LogP contribution in [0.2, 0.25) is 5.02 Å². The number of rotatable bonds is 5. The lowest BCUT2D eigenvalue weighted by atomic mass is 9.98. The predicted octanol–water partition coefficient (Wildman–Crippen LogP) is 2.70. The molecule has 0 spiro atoms. The summed E-state index contributed by atoms with van der Waals surface area (Å²) in [5.74, 6) is 0. The maximum atomic E-state index is 6.19. The number of piperidine rings is 1. The molecule has 1 saturated heterocycles. The average molecular weight is 268 g/mol. The van der Waals surface area contributed by atoms with E-state index in [-0.39, 0.29) is 0 Å². The van der Waals surface area contributed by atoms with Crippen LogP contribution >= 0.6 is 11.6 Å². The van der Waals surface area contributed by atoms with E-state index >= 15 is 0 Å². The van der Waals surface area contributed by atoms with Crippen LogP contribution in [0.1, 0.15) is 31.2 Å². The van der Waals surface area contributed by atoms with E-state index in [0.717, 1.165) is 18.1 Å². The van der Waals surface area contributed by atoms with E-state index in [1.54, 1.807) is 6.20 Å². The molecule has 18 heavy (non-hydrogen) atoms. The van der Waals surface area contributed by atoms with E-state index < -0.39 is 0 Å². The van der Waals surface area contributed by atoms with Crippen molar-refractivity contribution in [2.75, 3.05) is 20.1 Å². The second-order valence-corrected chi connectivity index (χ2v) is 5.39. The molecule has 1 aromatic heterocycles. The first kappa shape index (κ1) is 13.8. The maximum absolute atomic E-state index is 6.19. The minimum atomic E-state index is 0.690. The number of nitrogens with one attached hydrogen (secondary N) is 1. The molecule has 1 unspecified atom stereocenters. The van der Waals surface area contributed by atoms with Gasteiger partial charge in [-0.25, -0.2) is 0 Å². The van der Waals surface area contributed by atoms with Crippen LogP contribution in [-0.2, 0) is 6.54 Å². The first-order chi connectivity index (χ1) is 8.81.